The summed E-state index contributed by atoms with van der Waals surface area (Å²) in [7, 11) is 3.75. The van der Waals surface area contributed by atoms with E-state index >= 15 is 0 Å². The molecule has 6 nitrogen and oxygen atoms in total. The zero-order valence-corrected chi connectivity index (χ0v) is 17.4. The lowest BCUT2D eigenvalue weighted by Crippen LogP contribution is -2.14. The molecule has 0 unspecified atom stereocenters. The number of carbonyl (C=O) groups excluding carboxylic acids is 1. The number of aryl methyl sites for hydroxylation is 3. The highest BCUT2D eigenvalue weighted by Crippen LogP contribution is 2.20. The summed E-state index contributed by atoms with van der Waals surface area (Å²) in [4.78, 5) is 16.0. The minimum atomic E-state index is -0.551. The number of amides is 1. The van der Waals surface area contributed by atoms with E-state index in [1.807, 2.05) is 38.4 Å². The van der Waals surface area contributed by atoms with Crippen molar-refractivity contribution < 1.29 is 10.0 Å². The van der Waals surface area contributed by atoms with Gasteiger partial charge in [0.2, 0.25) is 0 Å². The number of hydrogen-bond donors (Lipinski definition) is 3. The molecule has 0 atom stereocenters. The standard InChI is InChI=1S/C21H23N3O2.C2H7N/c1-2-14-24-19-11-8-17(10-13-21(25)23-26)15-18(19)22-20(24)12-9-16-6-4-3-5-7-16;1-3-2/h3-8,10-11,13,15,26H,2,9,12,14H2,1H3,(H,23,25);3H,1-2H3/b13-10+;. The minimum absolute atomic E-state index is 0.551. The molecule has 0 saturated heterocycles. The van der Waals surface area contributed by atoms with Crippen molar-refractivity contribution in [2.45, 2.75) is 32.7 Å². The lowest BCUT2D eigenvalue weighted by molar-refractivity contribution is -0.124. The Kier molecular flexibility index (Phi) is 9.08. The summed E-state index contributed by atoms with van der Waals surface area (Å²) in [6.07, 6.45) is 5.84. The van der Waals surface area contributed by atoms with Crippen LogP contribution in [0.3, 0.4) is 0 Å². The number of nitrogens with one attached hydrogen (secondary N) is 2. The van der Waals surface area contributed by atoms with Crippen LogP contribution < -0.4 is 10.8 Å². The highest BCUT2D eigenvalue weighted by molar-refractivity contribution is 5.91. The Labute approximate surface area is 172 Å². The van der Waals surface area contributed by atoms with Gasteiger partial charge in [-0.15, -0.1) is 0 Å². The first-order valence-electron chi connectivity index (χ1n) is 9.86. The van der Waals surface area contributed by atoms with Crippen LogP contribution in [0.5, 0.6) is 0 Å². The van der Waals surface area contributed by atoms with Gasteiger partial charge in [-0.1, -0.05) is 43.3 Å². The summed E-state index contributed by atoms with van der Waals surface area (Å²) >= 11 is 0. The number of fused-ring (bicyclic) bond motifs is 1. The van der Waals surface area contributed by atoms with E-state index in [0.29, 0.717) is 0 Å². The smallest absolute Gasteiger partial charge is 0.267 e. The molecule has 1 amide bonds. The molecule has 2 aromatic carbocycles. The molecule has 154 valence electrons. The number of hydroxylamine groups is 1. The van der Waals surface area contributed by atoms with Gasteiger partial charge < -0.3 is 9.88 Å². The fraction of sp³-hybridized carbons (Fsp3) is 0.304. The monoisotopic (exact) mass is 394 g/mol. The molecule has 29 heavy (non-hydrogen) atoms. The van der Waals surface area contributed by atoms with Crippen LogP contribution in [-0.2, 0) is 24.2 Å². The molecule has 0 radical (unpaired) electrons. The first kappa shape index (κ1) is 22.3. The number of hydrogen-bond acceptors (Lipinski definition) is 4. The predicted molar refractivity (Wildman–Crippen MR) is 118 cm³/mol. The third-order valence-corrected chi connectivity index (χ3v) is 4.32. The Morgan fingerprint density at radius 1 is 1.14 bits per heavy atom. The van der Waals surface area contributed by atoms with Crippen molar-refractivity contribution in [2.75, 3.05) is 14.1 Å². The maximum Gasteiger partial charge on any atom is 0.267 e. The molecule has 0 aliphatic carbocycles. The summed E-state index contributed by atoms with van der Waals surface area (Å²) < 4.78 is 2.28. The van der Waals surface area contributed by atoms with Gasteiger partial charge >= 0.3 is 0 Å². The van der Waals surface area contributed by atoms with Crippen LogP contribution in [0.25, 0.3) is 17.1 Å². The highest BCUT2D eigenvalue weighted by atomic mass is 16.5. The molecule has 0 bridgehead atoms. The fourth-order valence-electron chi connectivity index (χ4n) is 3.07. The van der Waals surface area contributed by atoms with E-state index in [1.165, 1.54) is 11.6 Å². The average molecular weight is 395 g/mol. The second-order valence-corrected chi connectivity index (χ2v) is 6.72. The number of benzene rings is 2. The molecule has 0 fully saturated rings. The highest BCUT2D eigenvalue weighted by Gasteiger charge is 2.10. The Balaban J connectivity index is 0.000000941. The Hall–Kier alpha value is -2.96. The van der Waals surface area contributed by atoms with Crippen molar-refractivity contribution >= 4 is 23.0 Å². The molecule has 0 spiro atoms. The van der Waals surface area contributed by atoms with Crippen molar-refractivity contribution in [1.29, 1.82) is 0 Å². The molecule has 1 aromatic heterocycles. The van der Waals surface area contributed by atoms with E-state index in [4.69, 9.17) is 10.2 Å². The van der Waals surface area contributed by atoms with E-state index < -0.39 is 5.91 Å². The zero-order valence-electron chi connectivity index (χ0n) is 17.4. The second kappa shape index (κ2) is 11.8. The van der Waals surface area contributed by atoms with Crippen molar-refractivity contribution in [3.63, 3.8) is 0 Å². The second-order valence-electron chi connectivity index (χ2n) is 6.72. The molecule has 0 saturated carbocycles. The van der Waals surface area contributed by atoms with Gasteiger partial charge in [0, 0.05) is 19.0 Å². The number of rotatable bonds is 7. The number of carbonyl (C=O) groups is 1. The van der Waals surface area contributed by atoms with Gasteiger partial charge in [-0.05, 0) is 56.3 Å². The van der Waals surface area contributed by atoms with Gasteiger partial charge in [0.05, 0.1) is 11.0 Å². The number of imidazole rings is 1. The molecule has 3 aromatic rings. The zero-order chi connectivity index (χ0) is 21.1. The SMILES string of the molecule is CCCn1c(CCc2ccccc2)nc2cc(/C=C/C(=O)NO)ccc21.CNC. The van der Waals surface area contributed by atoms with Gasteiger partial charge in [-0.3, -0.25) is 10.0 Å². The molecule has 0 aliphatic rings. The lowest BCUT2D eigenvalue weighted by atomic mass is 10.1. The topological polar surface area (TPSA) is 79.2 Å². The Morgan fingerprint density at radius 2 is 1.86 bits per heavy atom. The van der Waals surface area contributed by atoms with Gasteiger partial charge in [-0.25, -0.2) is 10.5 Å². The van der Waals surface area contributed by atoms with E-state index in [1.54, 1.807) is 11.6 Å². The molecule has 1 heterocycles. The third kappa shape index (κ3) is 6.55. The largest absolute Gasteiger partial charge is 0.328 e. The van der Waals surface area contributed by atoms with Gasteiger partial charge in [-0.2, -0.15) is 0 Å². The fourth-order valence-corrected chi connectivity index (χ4v) is 3.07. The van der Waals surface area contributed by atoms with Crippen molar-refractivity contribution in [3.8, 4) is 0 Å². The summed E-state index contributed by atoms with van der Waals surface area (Å²) in [6.45, 7) is 3.10. The van der Waals surface area contributed by atoms with E-state index in [9.17, 15) is 4.79 Å². The van der Waals surface area contributed by atoms with Crippen LogP contribution >= 0.6 is 0 Å². The lowest BCUT2D eigenvalue weighted by Gasteiger charge is -2.08. The average Bonchev–Trinajstić information content (AvgIpc) is 3.09. The van der Waals surface area contributed by atoms with Crippen molar-refractivity contribution in [1.82, 2.24) is 20.3 Å². The first-order chi connectivity index (χ1) is 14.1. The Morgan fingerprint density at radius 3 is 2.52 bits per heavy atom. The molecular weight excluding hydrogens is 364 g/mol. The van der Waals surface area contributed by atoms with E-state index in [0.717, 1.165) is 48.2 Å². The van der Waals surface area contributed by atoms with E-state index in [-0.39, 0.29) is 0 Å². The summed E-state index contributed by atoms with van der Waals surface area (Å²) in [6, 6.07) is 16.4. The Bertz CT molecular complexity index is 933. The number of aromatic nitrogens is 2. The van der Waals surface area contributed by atoms with Crippen LogP contribution in [0, 0.1) is 0 Å². The van der Waals surface area contributed by atoms with Gasteiger partial charge in [0.15, 0.2) is 0 Å². The van der Waals surface area contributed by atoms with Crippen LogP contribution in [0.15, 0.2) is 54.6 Å². The van der Waals surface area contributed by atoms with Crippen LogP contribution in [0.2, 0.25) is 0 Å². The molecule has 0 aliphatic heterocycles. The van der Waals surface area contributed by atoms with Gasteiger partial charge in [0.25, 0.3) is 5.91 Å². The maximum absolute atomic E-state index is 11.1. The molecule has 3 rings (SSSR count). The predicted octanol–water partition coefficient (Wildman–Crippen LogP) is 3.59. The van der Waals surface area contributed by atoms with E-state index in [2.05, 4.69) is 41.1 Å². The normalized spacial score (nSPS) is 10.8. The first-order valence-corrected chi connectivity index (χ1v) is 9.86. The van der Waals surface area contributed by atoms with Crippen LogP contribution in [-0.4, -0.2) is 34.8 Å². The van der Waals surface area contributed by atoms with Gasteiger partial charge in [0.1, 0.15) is 5.82 Å². The van der Waals surface area contributed by atoms with Crippen molar-refractivity contribution in [3.05, 3.63) is 71.6 Å². The molecular formula is C23H30N4O2. The quantitative estimate of drug-likeness (QED) is 0.325. The van der Waals surface area contributed by atoms with Crippen molar-refractivity contribution in [2.24, 2.45) is 0 Å². The minimum Gasteiger partial charge on any atom is -0.328 e. The summed E-state index contributed by atoms with van der Waals surface area (Å²) in [5.41, 5.74) is 5.80. The summed E-state index contributed by atoms with van der Waals surface area (Å²) in [5, 5.41) is 11.3. The third-order valence-electron chi connectivity index (χ3n) is 4.32. The number of nitrogens with zero attached hydrogens (tertiary/aromatic N) is 2. The maximum atomic E-state index is 11.1. The molecule has 3 N–H and O–H groups in total. The summed E-state index contributed by atoms with van der Waals surface area (Å²) in [5.74, 6) is 0.532. The van der Waals surface area contributed by atoms with Crippen LogP contribution in [0.4, 0.5) is 0 Å². The molecule has 6 heteroatoms. The van der Waals surface area contributed by atoms with Crippen LogP contribution in [0.1, 0.15) is 30.3 Å².